The Morgan fingerprint density at radius 2 is 0.765 bits per heavy atom. The zero-order valence-corrected chi connectivity index (χ0v) is 23.0. The van der Waals surface area contributed by atoms with Crippen molar-refractivity contribution in [2.45, 2.75) is 142 Å². The SMILES string of the molecule is C=C1N(CCCCCCCCCCCC)c2ccccc2N1CCCCCCCCCCCC. The Bertz CT molecular complexity index is 585. The third-order valence-electron chi connectivity index (χ3n) is 7.56. The van der Waals surface area contributed by atoms with Gasteiger partial charge in [0.2, 0.25) is 0 Å². The molecule has 0 fully saturated rings. The van der Waals surface area contributed by atoms with Gasteiger partial charge in [0.15, 0.2) is 0 Å². The average Bonchev–Trinajstić information content (AvgIpc) is 3.12. The smallest absolute Gasteiger partial charge is 0.106 e. The van der Waals surface area contributed by atoms with Crippen molar-refractivity contribution in [3.63, 3.8) is 0 Å². The van der Waals surface area contributed by atoms with Crippen molar-refractivity contribution in [3.8, 4) is 0 Å². The summed E-state index contributed by atoms with van der Waals surface area (Å²) in [5.41, 5.74) is 2.74. The molecule has 1 aromatic rings. The Kier molecular flexibility index (Phi) is 16.0. The van der Waals surface area contributed by atoms with Gasteiger partial charge in [0.25, 0.3) is 0 Å². The summed E-state index contributed by atoms with van der Waals surface area (Å²) in [5, 5.41) is 0. The highest BCUT2D eigenvalue weighted by atomic mass is 15.4. The van der Waals surface area contributed by atoms with E-state index in [1.165, 1.54) is 146 Å². The first-order chi connectivity index (χ1) is 16.8. The summed E-state index contributed by atoms with van der Waals surface area (Å²) in [6.07, 6.45) is 27.8. The molecule has 2 nitrogen and oxygen atoms in total. The number of fused-ring (bicyclic) bond motifs is 1. The molecule has 0 bridgehead atoms. The molecule has 34 heavy (non-hydrogen) atoms. The summed E-state index contributed by atoms with van der Waals surface area (Å²) in [6, 6.07) is 8.94. The lowest BCUT2D eigenvalue weighted by atomic mass is 10.1. The molecule has 194 valence electrons. The molecular formula is C32H56N2. The number of anilines is 2. The summed E-state index contributed by atoms with van der Waals surface area (Å²) in [5.74, 6) is 1.20. The van der Waals surface area contributed by atoms with E-state index < -0.39 is 0 Å². The second-order valence-corrected chi connectivity index (χ2v) is 10.6. The van der Waals surface area contributed by atoms with Crippen LogP contribution in [-0.2, 0) is 0 Å². The summed E-state index contributed by atoms with van der Waals surface area (Å²) in [4.78, 5) is 4.97. The zero-order chi connectivity index (χ0) is 24.3. The summed E-state index contributed by atoms with van der Waals surface area (Å²) < 4.78 is 0. The molecule has 0 atom stereocenters. The molecule has 0 unspecified atom stereocenters. The molecule has 2 heteroatoms. The van der Waals surface area contributed by atoms with E-state index >= 15 is 0 Å². The Hall–Kier alpha value is -1.44. The molecule has 0 spiro atoms. The summed E-state index contributed by atoms with van der Waals surface area (Å²) >= 11 is 0. The summed E-state index contributed by atoms with van der Waals surface area (Å²) in [7, 11) is 0. The van der Waals surface area contributed by atoms with Gasteiger partial charge in [-0.1, -0.05) is 148 Å². The number of hydrogen-bond donors (Lipinski definition) is 0. The number of nitrogens with zero attached hydrogens (tertiary/aromatic N) is 2. The van der Waals surface area contributed by atoms with Gasteiger partial charge in [-0.3, -0.25) is 0 Å². The molecule has 1 aliphatic rings. The van der Waals surface area contributed by atoms with Crippen molar-refractivity contribution >= 4 is 11.4 Å². The van der Waals surface area contributed by atoms with Crippen LogP contribution in [0.2, 0.25) is 0 Å². The first-order valence-electron chi connectivity index (χ1n) is 15.1. The van der Waals surface area contributed by atoms with Gasteiger partial charge < -0.3 is 9.80 Å². The fourth-order valence-corrected chi connectivity index (χ4v) is 5.36. The number of rotatable bonds is 22. The van der Waals surface area contributed by atoms with Gasteiger partial charge in [0.1, 0.15) is 5.82 Å². The Labute approximate surface area is 213 Å². The Balaban J connectivity index is 1.61. The molecular weight excluding hydrogens is 412 g/mol. The van der Waals surface area contributed by atoms with Gasteiger partial charge in [-0.15, -0.1) is 0 Å². The molecule has 0 amide bonds. The minimum atomic E-state index is 1.11. The molecule has 0 radical (unpaired) electrons. The Morgan fingerprint density at radius 3 is 1.09 bits per heavy atom. The first kappa shape index (κ1) is 28.8. The lowest BCUT2D eigenvalue weighted by molar-refractivity contribution is 0.554. The lowest BCUT2D eigenvalue weighted by Gasteiger charge is -2.24. The number of hydrogen-bond acceptors (Lipinski definition) is 2. The van der Waals surface area contributed by atoms with Crippen molar-refractivity contribution in [1.82, 2.24) is 0 Å². The monoisotopic (exact) mass is 468 g/mol. The topological polar surface area (TPSA) is 6.48 Å². The van der Waals surface area contributed by atoms with Crippen molar-refractivity contribution in [2.75, 3.05) is 22.9 Å². The van der Waals surface area contributed by atoms with Crippen LogP contribution in [0.4, 0.5) is 11.4 Å². The minimum Gasteiger partial charge on any atom is -0.326 e. The van der Waals surface area contributed by atoms with Gasteiger partial charge in [0.05, 0.1) is 11.4 Å². The molecule has 1 aliphatic heterocycles. The standard InChI is InChI=1S/C32H56N2/c1-4-6-8-10-12-14-16-18-20-24-28-33-30(3)34(32-27-23-22-26-31(32)33)29-25-21-19-17-15-13-11-9-7-5-2/h22-23,26-27H,3-21,24-25,28-29H2,1-2H3. The van der Waals surface area contributed by atoms with Crippen LogP contribution in [0.1, 0.15) is 142 Å². The molecule has 2 rings (SSSR count). The van der Waals surface area contributed by atoms with Crippen LogP contribution in [-0.4, -0.2) is 13.1 Å². The molecule has 0 aliphatic carbocycles. The second-order valence-electron chi connectivity index (χ2n) is 10.6. The maximum Gasteiger partial charge on any atom is 0.106 e. The van der Waals surface area contributed by atoms with Crippen LogP contribution in [0.15, 0.2) is 36.7 Å². The van der Waals surface area contributed by atoms with E-state index in [1.807, 2.05) is 0 Å². The molecule has 0 saturated heterocycles. The predicted octanol–water partition coefficient (Wildman–Crippen LogP) is 10.6. The normalized spacial score (nSPS) is 13.2. The van der Waals surface area contributed by atoms with E-state index in [0.29, 0.717) is 0 Å². The van der Waals surface area contributed by atoms with Crippen LogP contribution >= 0.6 is 0 Å². The van der Waals surface area contributed by atoms with Crippen LogP contribution < -0.4 is 9.80 Å². The second kappa shape index (κ2) is 18.8. The van der Waals surface area contributed by atoms with Gasteiger partial charge in [0, 0.05) is 13.1 Å². The van der Waals surface area contributed by atoms with E-state index in [9.17, 15) is 0 Å². The van der Waals surface area contributed by atoms with E-state index in [-0.39, 0.29) is 0 Å². The Morgan fingerprint density at radius 1 is 0.471 bits per heavy atom. The molecule has 0 N–H and O–H groups in total. The number of unbranched alkanes of at least 4 members (excludes halogenated alkanes) is 18. The number of para-hydroxylation sites is 2. The van der Waals surface area contributed by atoms with Crippen LogP contribution in [0, 0.1) is 0 Å². The predicted molar refractivity (Wildman–Crippen MR) is 154 cm³/mol. The van der Waals surface area contributed by atoms with Crippen molar-refractivity contribution in [3.05, 3.63) is 36.7 Å². The molecule has 1 aromatic carbocycles. The van der Waals surface area contributed by atoms with Crippen molar-refractivity contribution in [2.24, 2.45) is 0 Å². The van der Waals surface area contributed by atoms with E-state index in [2.05, 4.69) is 54.5 Å². The fraction of sp³-hybridized carbons (Fsp3) is 0.750. The highest BCUT2D eigenvalue weighted by molar-refractivity contribution is 5.82. The van der Waals surface area contributed by atoms with Gasteiger partial charge in [-0.2, -0.15) is 0 Å². The van der Waals surface area contributed by atoms with Crippen molar-refractivity contribution < 1.29 is 0 Å². The third-order valence-corrected chi connectivity index (χ3v) is 7.56. The van der Waals surface area contributed by atoms with Crippen LogP contribution in [0.3, 0.4) is 0 Å². The van der Waals surface area contributed by atoms with E-state index in [4.69, 9.17) is 0 Å². The molecule has 1 heterocycles. The number of benzene rings is 1. The van der Waals surface area contributed by atoms with E-state index in [0.717, 1.165) is 13.1 Å². The average molecular weight is 469 g/mol. The molecule has 0 saturated carbocycles. The van der Waals surface area contributed by atoms with E-state index in [1.54, 1.807) is 0 Å². The van der Waals surface area contributed by atoms with Gasteiger partial charge in [-0.05, 0) is 25.0 Å². The maximum absolute atomic E-state index is 4.51. The summed E-state index contributed by atoms with van der Waals surface area (Å²) in [6.45, 7) is 11.3. The molecule has 0 aromatic heterocycles. The zero-order valence-electron chi connectivity index (χ0n) is 23.0. The minimum absolute atomic E-state index is 1.11. The van der Waals surface area contributed by atoms with Gasteiger partial charge in [-0.25, -0.2) is 0 Å². The fourth-order valence-electron chi connectivity index (χ4n) is 5.36. The third kappa shape index (κ3) is 10.9. The highest BCUT2D eigenvalue weighted by Crippen LogP contribution is 2.41. The lowest BCUT2D eigenvalue weighted by Crippen LogP contribution is -2.29. The quantitative estimate of drug-likeness (QED) is 0.156. The largest absolute Gasteiger partial charge is 0.326 e. The van der Waals surface area contributed by atoms with Crippen LogP contribution in [0.5, 0.6) is 0 Å². The van der Waals surface area contributed by atoms with Gasteiger partial charge >= 0.3 is 0 Å². The maximum atomic E-state index is 4.51. The first-order valence-corrected chi connectivity index (χ1v) is 15.1. The van der Waals surface area contributed by atoms with Crippen LogP contribution in [0.25, 0.3) is 0 Å². The highest BCUT2D eigenvalue weighted by Gasteiger charge is 2.28. The van der Waals surface area contributed by atoms with Crippen molar-refractivity contribution in [1.29, 1.82) is 0 Å².